The standard InChI is InChI=1S/C13H22N2O6/c1-3-7-19-11-15(10-17)21-12-20-8-5-6-14(9-16)13(18)4-2/h4,9-10H,2-3,5-8,11-12H2,1H3. The third kappa shape index (κ3) is 9.72. The van der Waals surface area contributed by atoms with Crippen LogP contribution >= 0.6 is 0 Å². The van der Waals surface area contributed by atoms with Crippen molar-refractivity contribution < 1.29 is 28.7 Å². The first-order valence-corrected chi connectivity index (χ1v) is 6.58. The van der Waals surface area contributed by atoms with Crippen molar-refractivity contribution in [2.24, 2.45) is 0 Å². The molecule has 0 radical (unpaired) electrons. The predicted molar refractivity (Wildman–Crippen MR) is 73.5 cm³/mol. The van der Waals surface area contributed by atoms with Gasteiger partial charge in [0, 0.05) is 13.2 Å². The molecule has 0 aliphatic carbocycles. The molecule has 0 N–H and O–H groups in total. The molecule has 3 amide bonds. The molecule has 0 aliphatic rings. The van der Waals surface area contributed by atoms with Crippen LogP contribution in [0.25, 0.3) is 0 Å². The van der Waals surface area contributed by atoms with E-state index in [1.165, 1.54) is 0 Å². The van der Waals surface area contributed by atoms with Crippen LogP contribution < -0.4 is 0 Å². The Hall–Kier alpha value is -1.77. The van der Waals surface area contributed by atoms with E-state index in [2.05, 4.69) is 6.58 Å². The Balaban J connectivity index is 3.65. The summed E-state index contributed by atoms with van der Waals surface area (Å²) in [6, 6.07) is 0. The highest BCUT2D eigenvalue weighted by atomic mass is 16.8. The Labute approximate surface area is 124 Å². The largest absolute Gasteiger partial charge is 0.359 e. The minimum atomic E-state index is -0.457. The van der Waals surface area contributed by atoms with Gasteiger partial charge in [-0.25, -0.2) is 4.84 Å². The number of hydrogen-bond donors (Lipinski definition) is 0. The molecular weight excluding hydrogens is 280 g/mol. The highest BCUT2D eigenvalue weighted by molar-refractivity contribution is 5.94. The molecule has 0 heterocycles. The Bertz CT molecular complexity index is 324. The van der Waals surface area contributed by atoms with Crippen molar-refractivity contribution in [1.29, 1.82) is 0 Å². The van der Waals surface area contributed by atoms with Crippen LogP contribution in [-0.4, -0.2) is 62.0 Å². The average molecular weight is 302 g/mol. The molecule has 0 fully saturated rings. The van der Waals surface area contributed by atoms with Crippen LogP contribution in [0.15, 0.2) is 12.7 Å². The van der Waals surface area contributed by atoms with Crippen molar-refractivity contribution in [1.82, 2.24) is 9.96 Å². The van der Waals surface area contributed by atoms with Gasteiger partial charge in [0.2, 0.25) is 12.8 Å². The van der Waals surface area contributed by atoms with Gasteiger partial charge < -0.3 is 9.47 Å². The minimum Gasteiger partial charge on any atom is -0.359 e. The molecule has 0 saturated heterocycles. The molecule has 0 aromatic carbocycles. The number of nitrogens with zero attached hydrogens (tertiary/aromatic N) is 2. The number of ether oxygens (including phenoxy) is 2. The van der Waals surface area contributed by atoms with Crippen molar-refractivity contribution in [3.8, 4) is 0 Å². The molecule has 0 aromatic rings. The highest BCUT2D eigenvalue weighted by Gasteiger charge is 2.07. The number of carbonyl (C=O) groups excluding carboxylic acids is 3. The second-order valence-corrected chi connectivity index (χ2v) is 3.91. The van der Waals surface area contributed by atoms with Gasteiger partial charge in [-0.3, -0.25) is 19.3 Å². The summed E-state index contributed by atoms with van der Waals surface area (Å²) in [5.74, 6) is -0.457. The molecule has 0 aliphatic heterocycles. The third-order valence-electron chi connectivity index (χ3n) is 2.26. The smallest absolute Gasteiger partial charge is 0.252 e. The third-order valence-corrected chi connectivity index (χ3v) is 2.26. The predicted octanol–water partition coefficient (Wildman–Crippen LogP) is 0.296. The van der Waals surface area contributed by atoms with E-state index in [1.54, 1.807) is 0 Å². The summed E-state index contributed by atoms with van der Waals surface area (Å²) >= 11 is 0. The highest BCUT2D eigenvalue weighted by Crippen LogP contribution is 1.94. The lowest BCUT2D eigenvalue weighted by Gasteiger charge is -2.17. The first-order valence-electron chi connectivity index (χ1n) is 6.58. The average Bonchev–Trinajstić information content (AvgIpc) is 2.51. The molecule has 0 atom stereocenters. The van der Waals surface area contributed by atoms with Crippen molar-refractivity contribution >= 4 is 18.7 Å². The fourth-order valence-corrected chi connectivity index (χ4v) is 1.23. The van der Waals surface area contributed by atoms with E-state index in [-0.39, 0.29) is 26.7 Å². The van der Waals surface area contributed by atoms with Gasteiger partial charge in [-0.1, -0.05) is 13.5 Å². The summed E-state index contributed by atoms with van der Waals surface area (Å²) in [6.45, 7) is 6.20. The molecule has 8 nitrogen and oxygen atoms in total. The van der Waals surface area contributed by atoms with Crippen molar-refractivity contribution in [2.75, 3.05) is 33.3 Å². The van der Waals surface area contributed by atoms with E-state index in [0.717, 1.165) is 22.5 Å². The van der Waals surface area contributed by atoms with Gasteiger partial charge in [0.05, 0.1) is 6.61 Å². The Morgan fingerprint density at radius 3 is 2.52 bits per heavy atom. The lowest BCUT2D eigenvalue weighted by Crippen LogP contribution is -2.30. The Morgan fingerprint density at radius 2 is 1.95 bits per heavy atom. The molecule has 0 bridgehead atoms. The normalized spacial score (nSPS) is 9.95. The van der Waals surface area contributed by atoms with Gasteiger partial charge in [-0.2, -0.15) is 5.06 Å². The monoisotopic (exact) mass is 302 g/mol. The second kappa shape index (κ2) is 13.2. The van der Waals surface area contributed by atoms with Crippen molar-refractivity contribution in [3.05, 3.63) is 12.7 Å². The maximum atomic E-state index is 11.2. The van der Waals surface area contributed by atoms with Crippen LogP contribution in [0.3, 0.4) is 0 Å². The van der Waals surface area contributed by atoms with Crippen molar-refractivity contribution in [3.63, 3.8) is 0 Å². The van der Waals surface area contributed by atoms with Gasteiger partial charge in [0.1, 0.15) is 6.73 Å². The summed E-state index contributed by atoms with van der Waals surface area (Å²) in [7, 11) is 0. The van der Waals surface area contributed by atoms with E-state index in [4.69, 9.17) is 14.3 Å². The van der Waals surface area contributed by atoms with Crippen LogP contribution in [0, 0.1) is 0 Å². The van der Waals surface area contributed by atoms with Gasteiger partial charge in [0.25, 0.3) is 5.91 Å². The molecule has 120 valence electrons. The number of carbonyl (C=O) groups is 3. The lowest BCUT2D eigenvalue weighted by molar-refractivity contribution is -0.239. The number of rotatable bonds is 14. The van der Waals surface area contributed by atoms with E-state index in [9.17, 15) is 14.4 Å². The topological polar surface area (TPSA) is 85.4 Å². The molecular formula is C13H22N2O6. The molecule has 8 heteroatoms. The Morgan fingerprint density at radius 1 is 1.19 bits per heavy atom. The molecule has 0 spiro atoms. The minimum absolute atomic E-state index is 0.0352. The molecule has 0 rings (SSSR count). The Kier molecular flexibility index (Phi) is 12.1. The fraction of sp³-hybridized carbons (Fsp3) is 0.615. The summed E-state index contributed by atoms with van der Waals surface area (Å²) in [6.07, 6.45) is 3.31. The maximum absolute atomic E-state index is 11.2. The van der Waals surface area contributed by atoms with Gasteiger partial charge in [0.15, 0.2) is 6.79 Å². The van der Waals surface area contributed by atoms with Crippen LogP contribution in [0.4, 0.5) is 0 Å². The zero-order chi connectivity index (χ0) is 15.9. The van der Waals surface area contributed by atoms with E-state index in [1.807, 2.05) is 6.92 Å². The van der Waals surface area contributed by atoms with E-state index in [0.29, 0.717) is 25.8 Å². The van der Waals surface area contributed by atoms with Crippen LogP contribution in [0.2, 0.25) is 0 Å². The van der Waals surface area contributed by atoms with Crippen LogP contribution in [-0.2, 0) is 28.7 Å². The van der Waals surface area contributed by atoms with Gasteiger partial charge in [-0.05, 0) is 18.9 Å². The number of hydrogen-bond acceptors (Lipinski definition) is 6. The maximum Gasteiger partial charge on any atom is 0.252 e. The van der Waals surface area contributed by atoms with Gasteiger partial charge in [-0.15, -0.1) is 0 Å². The lowest BCUT2D eigenvalue weighted by atomic mass is 10.4. The van der Waals surface area contributed by atoms with Crippen LogP contribution in [0.5, 0.6) is 0 Å². The first kappa shape index (κ1) is 19.2. The SMILES string of the molecule is C=CC(=O)N(C=O)CCCOCON(C=O)COCCC. The van der Waals surface area contributed by atoms with E-state index >= 15 is 0 Å². The summed E-state index contributed by atoms with van der Waals surface area (Å²) in [5.41, 5.74) is 0. The van der Waals surface area contributed by atoms with Crippen LogP contribution in [0.1, 0.15) is 19.8 Å². The summed E-state index contributed by atoms with van der Waals surface area (Å²) in [5, 5.41) is 0.981. The summed E-state index contributed by atoms with van der Waals surface area (Å²) < 4.78 is 10.2. The molecule has 0 unspecified atom stereocenters. The number of amides is 3. The zero-order valence-electron chi connectivity index (χ0n) is 12.2. The molecule has 21 heavy (non-hydrogen) atoms. The van der Waals surface area contributed by atoms with E-state index < -0.39 is 5.91 Å². The number of imide groups is 1. The zero-order valence-corrected chi connectivity index (χ0v) is 12.2. The first-order chi connectivity index (χ1) is 10.2. The van der Waals surface area contributed by atoms with Crippen molar-refractivity contribution in [2.45, 2.75) is 19.8 Å². The number of hydroxylamine groups is 2. The quantitative estimate of drug-likeness (QED) is 0.151. The second-order valence-electron chi connectivity index (χ2n) is 3.91. The van der Waals surface area contributed by atoms with Gasteiger partial charge >= 0.3 is 0 Å². The summed E-state index contributed by atoms with van der Waals surface area (Å²) in [4.78, 5) is 38.4. The fourth-order valence-electron chi connectivity index (χ4n) is 1.23. The molecule has 0 saturated carbocycles. The molecule has 0 aromatic heterocycles.